The summed E-state index contributed by atoms with van der Waals surface area (Å²) in [5, 5.41) is 17.2. The first kappa shape index (κ1) is 27.7. The van der Waals surface area contributed by atoms with E-state index >= 15 is 0 Å². The topological polar surface area (TPSA) is 135 Å². The van der Waals surface area contributed by atoms with E-state index in [1.165, 1.54) is 24.5 Å². The monoisotopic (exact) mass is 538 g/mol. The van der Waals surface area contributed by atoms with Crippen molar-refractivity contribution in [3.8, 4) is 0 Å². The Morgan fingerprint density at radius 2 is 2.00 bits per heavy atom. The summed E-state index contributed by atoms with van der Waals surface area (Å²) in [4.78, 5) is 43.8. The van der Waals surface area contributed by atoms with E-state index in [1.54, 1.807) is 31.5 Å². The van der Waals surface area contributed by atoms with Crippen molar-refractivity contribution in [1.82, 2.24) is 19.9 Å². The number of anilines is 1. The maximum absolute atomic E-state index is 13.8. The first-order chi connectivity index (χ1) is 18.5. The van der Waals surface area contributed by atoms with Gasteiger partial charge in [0.15, 0.2) is 5.69 Å². The molecule has 0 spiro atoms. The van der Waals surface area contributed by atoms with Gasteiger partial charge in [-0.25, -0.2) is 4.39 Å². The van der Waals surface area contributed by atoms with Crippen LogP contribution in [-0.2, 0) is 18.4 Å². The van der Waals surface area contributed by atoms with Gasteiger partial charge in [-0.3, -0.25) is 9.59 Å². The van der Waals surface area contributed by atoms with Gasteiger partial charge in [0.2, 0.25) is 6.33 Å². The number of carbonyl (C=O) groups is 2. The average Bonchev–Trinajstić information content (AvgIpc) is 3.50. The minimum atomic E-state index is -0.467. The number of halogens is 1. The second-order valence-corrected chi connectivity index (χ2v) is 9.86. The highest BCUT2D eigenvalue weighted by Gasteiger charge is 2.32. The predicted octanol–water partition coefficient (Wildman–Crippen LogP) is 3.69. The number of aromatic amines is 1. The molecule has 0 saturated heterocycles. The summed E-state index contributed by atoms with van der Waals surface area (Å²) >= 11 is 0. The molecule has 0 bridgehead atoms. The molecule has 4 rings (SSSR count). The van der Waals surface area contributed by atoms with Gasteiger partial charge >= 0.3 is 5.82 Å². The number of quaternary nitrogens is 1. The second kappa shape index (κ2) is 10.8. The van der Waals surface area contributed by atoms with Crippen LogP contribution in [0.2, 0.25) is 0 Å². The molecule has 0 atom stereocenters. The van der Waals surface area contributed by atoms with Crippen molar-refractivity contribution in [3.05, 3.63) is 74.2 Å². The lowest BCUT2D eigenvalue weighted by molar-refractivity contribution is -0.937. The number of rotatable bonds is 10. The SMILES string of the molecule is CC[N+](CC)(CCNC(=O)c1c(C)[nH]c(C=C2C(=O)Nc3ccc(F)cc32)c1C)Cc1c([N+](=O)[O-])ncn1C. The van der Waals surface area contributed by atoms with Crippen molar-refractivity contribution >= 4 is 35.0 Å². The minimum absolute atomic E-state index is 0.146. The number of likely N-dealkylation sites (N-methyl/N-ethyl adjacent to an activating group) is 1. The van der Waals surface area contributed by atoms with Crippen molar-refractivity contribution in [2.24, 2.45) is 7.05 Å². The Labute approximate surface area is 225 Å². The Hall–Kier alpha value is -4.32. The molecule has 3 aromatic rings. The number of amides is 2. The van der Waals surface area contributed by atoms with E-state index in [-0.39, 0.29) is 17.6 Å². The summed E-state index contributed by atoms with van der Waals surface area (Å²) in [6.45, 7) is 10.4. The Morgan fingerprint density at radius 3 is 2.67 bits per heavy atom. The summed E-state index contributed by atoms with van der Waals surface area (Å²) in [6.07, 6.45) is 3.08. The van der Waals surface area contributed by atoms with Crippen LogP contribution in [0.4, 0.5) is 15.9 Å². The molecule has 1 aromatic carbocycles. The van der Waals surface area contributed by atoms with Crippen LogP contribution in [0.25, 0.3) is 11.6 Å². The van der Waals surface area contributed by atoms with E-state index in [2.05, 4.69) is 20.6 Å². The van der Waals surface area contributed by atoms with Crippen LogP contribution in [0.5, 0.6) is 0 Å². The smallest absolute Gasteiger partial charge is 0.358 e. The zero-order valence-electron chi connectivity index (χ0n) is 22.7. The molecule has 3 N–H and O–H groups in total. The molecule has 3 heterocycles. The number of imidazole rings is 1. The molecular formula is C27H33FN7O4+. The number of aromatic nitrogens is 3. The van der Waals surface area contributed by atoms with Gasteiger partial charge in [0.25, 0.3) is 11.8 Å². The number of H-pyrrole nitrogens is 1. The third-order valence-corrected chi connectivity index (χ3v) is 7.67. The van der Waals surface area contributed by atoms with Gasteiger partial charge in [0.05, 0.1) is 37.3 Å². The average molecular weight is 539 g/mol. The molecule has 0 unspecified atom stereocenters. The van der Waals surface area contributed by atoms with E-state index in [9.17, 15) is 24.1 Å². The number of benzene rings is 1. The van der Waals surface area contributed by atoms with Gasteiger partial charge in [-0.05, 0) is 67.4 Å². The Morgan fingerprint density at radius 1 is 1.28 bits per heavy atom. The third-order valence-electron chi connectivity index (χ3n) is 7.67. The summed E-state index contributed by atoms with van der Waals surface area (Å²) in [5.41, 5.74) is 4.26. The minimum Gasteiger partial charge on any atom is -0.358 e. The highest BCUT2D eigenvalue weighted by molar-refractivity contribution is 6.34. The summed E-state index contributed by atoms with van der Waals surface area (Å²) < 4.78 is 16.0. The van der Waals surface area contributed by atoms with Crippen LogP contribution < -0.4 is 10.6 Å². The van der Waals surface area contributed by atoms with Gasteiger partial charge in [-0.15, -0.1) is 0 Å². The molecule has 206 valence electrons. The fourth-order valence-corrected chi connectivity index (χ4v) is 5.14. The quantitative estimate of drug-likeness (QED) is 0.157. The van der Waals surface area contributed by atoms with Gasteiger partial charge in [0.1, 0.15) is 12.4 Å². The lowest BCUT2D eigenvalue weighted by Crippen LogP contribution is -2.51. The molecule has 0 radical (unpaired) electrons. The maximum Gasteiger partial charge on any atom is 0.390 e. The summed E-state index contributed by atoms with van der Waals surface area (Å²) in [6, 6.07) is 4.12. The number of carbonyl (C=O) groups excluding carboxylic acids is 2. The van der Waals surface area contributed by atoms with Crippen molar-refractivity contribution in [1.29, 1.82) is 0 Å². The van der Waals surface area contributed by atoms with Crippen LogP contribution >= 0.6 is 0 Å². The predicted molar refractivity (Wildman–Crippen MR) is 145 cm³/mol. The second-order valence-electron chi connectivity index (χ2n) is 9.86. The van der Waals surface area contributed by atoms with Crippen molar-refractivity contribution in [2.75, 3.05) is 31.5 Å². The first-order valence-corrected chi connectivity index (χ1v) is 12.8. The van der Waals surface area contributed by atoms with E-state index < -0.39 is 10.7 Å². The van der Waals surface area contributed by atoms with Gasteiger partial charge < -0.3 is 34.8 Å². The zero-order valence-corrected chi connectivity index (χ0v) is 22.7. The lowest BCUT2D eigenvalue weighted by Gasteiger charge is -2.36. The number of hydrogen-bond acceptors (Lipinski definition) is 5. The normalized spacial score (nSPS) is 14.0. The van der Waals surface area contributed by atoms with Crippen LogP contribution in [-0.4, -0.2) is 61.9 Å². The Kier molecular flexibility index (Phi) is 7.68. The molecule has 0 fully saturated rings. The molecule has 0 saturated carbocycles. The number of nitro groups is 1. The maximum atomic E-state index is 13.8. The van der Waals surface area contributed by atoms with Crippen LogP contribution in [0.1, 0.15) is 52.4 Å². The van der Waals surface area contributed by atoms with Gasteiger partial charge in [-0.1, -0.05) is 0 Å². The number of hydrogen-bond donors (Lipinski definition) is 3. The van der Waals surface area contributed by atoms with Crippen LogP contribution in [0.3, 0.4) is 0 Å². The third kappa shape index (κ3) is 5.32. The van der Waals surface area contributed by atoms with Gasteiger partial charge in [-0.2, -0.15) is 0 Å². The van der Waals surface area contributed by atoms with E-state index in [4.69, 9.17) is 0 Å². The van der Waals surface area contributed by atoms with Crippen molar-refractivity contribution < 1.29 is 23.4 Å². The summed E-state index contributed by atoms with van der Waals surface area (Å²) in [5.74, 6) is -1.19. The lowest BCUT2D eigenvalue weighted by atomic mass is 10.0. The molecule has 1 aliphatic heterocycles. The molecule has 1 aliphatic rings. The van der Waals surface area contributed by atoms with Crippen molar-refractivity contribution in [3.63, 3.8) is 0 Å². The molecule has 12 heteroatoms. The van der Waals surface area contributed by atoms with Crippen molar-refractivity contribution in [2.45, 2.75) is 34.2 Å². The van der Waals surface area contributed by atoms with Crippen LogP contribution in [0.15, 0.2) is 24.5 Å². The highest BCUT2D eigenvalue weighted by atomic mass is 19.1. The fraction of sp³-hybridized carbons (Fsp3) is 0.370. The van der Waals surface area contributed by atoms with E-state index in [0.29, 0.717) is 69.1 Å². The zero-order chi connectivity index (χ0) is 28.5. The molecule has 2 aromatic heterocycles. The highest BCUT2D eigenvalue weighted by Crippen LogP contribution is 2.34. The van der Waals surface area contributed by atoms with E-state index in [0.717, 1.165) is 13.1 Å². The molecule has 2 amide bonds. The molecule has 0 aliphatic carbocycles. The first-order valence-electron chi connectivity index (χ1n) is 12.8. The summed E-state index contributed by atoms with van der Waals surface area (Å²) in [7, 11) is 1.74. The fourth-order valence-electron chi connectivity index (χ4n) is 5.14. The number of nitrogens with one attached hydrogen (secondary N) is 3. The number of fused-ring (bicyclic) bond motifs is 1. The number of nitrogens with zero attached hydrogens (tertiary/aromatic N) is 4. The van der Waals surface area contributed by atoms with Crippen LogP contribution in [0, 0.1) is 29.8 Å². The largest absolute Gasteiger partial charge is 0.390 e. The van der Waals surface area contributed by atoms with E-state index in [1.807, 2.05) is 13.8 Å². The Bertz CT molecular complexity index is 1480. The molecule has 11 nitrogen and oxygen atoms in total. The standard InChI is InChI=1S/C27H32FN7O4/c1-6-35(7-2,14-23-25(34(38)39)30-15-33(23)5)11-10-29-27(37)24-16(3)22(31-17(24)4)13-20-19-12-18(28)8-9-21(19)32-26(20)36/h8-9,12-13,15H,6-7,10-11,14H2,1-5H3,(H2-,29,31,32,36,37)/p+1. The molecule has 39 heavy (non-hydrogen) atoms. The Balaban J connectivity index is 1.50. The molecular weight excluding hydrogens is 505 g/mol. The van der Waals surface area contributed by atoms with Gasteiger partial charge in [0, 0.05) is 29.7 Å². The number of aryl methyl sites for hydroxylation is 2.